The molecule has 1 unspecified atom stereocenters. The van der Waals surface area contributed by atoms with Crippen LogP contribution in [-0.2, 0) is 0 Å². The fourth-order valence-corrected chi connectivity index (χ4v) is 2.87. The highest BCUT2D eigenvalue weighted by Crippen LogP contribution is 2.33. The number of hydrogen-bond donors (Lipinski definition) is 1. The SMILES string of the molecule is OC(CC(c1ccccc1)c1ccccc1)c1ccccc1. The van der Waals surface area contributed by atoms with Crippen LogP contribution in [0.3, 0.4) is 0 Å². The van der Waals surface area contributed by atoms with Crippen molar-refractivity contribution in [3.8, 4) is 0 Å². The van der Waals surface area contributed by atoms with Crippen LogP contribution in [0.15, 0.2) is 91.0 Å². The van der Waals surface area contributed by atoms with Crippen molar-refractivity contribution in [3.63, 3.8) is 0 Å². The smallest absolute Gasteiger partial charge is 0.0799 e. The van der Waals surface area contributed by atoms with Gasteiger partial charge in [-0.2, -0.15) is 0 Å². The normalized spacial score (nSPS) is 12.3. The highest BCUT2D eigenvalue weighted by molar-refractivity contribution is 5.33. The highest BCUT2D eigenvalue weighted by atomic mass is 16.3. The van der Waals surface area contributed by atoms with Gasteiger partial charge in [0.2, 0.25) is 0 Å². The van der Waals surface area contributed by atoms with E-state index in [-0.39, 0.29) is 5.92 Å². The van der Waals surface area contributed by atoms with E-state index in [4.69, 9.17) is 0 Å². The van der Waals surface area contributed by atoms with Gasteiger partial charge in [-0.3, -0.25) is 0 Å². The summed E-state index contributed by atoms with van der Waals surface area (Å²) < 4.78 is 0. The molecule has 1 nitrogen and oxygen atoms in total. The molecular formula is C21H20O. The molecule has 110 valence electrons. The second kappa shape index (κ2) is 7.06. The molecular weight excluding hydrogens is 268 g/mol. The maximum Gasteiger partial charge on any atom is 0.0799 e. The zero-order valence-electron chi connectivity index (χ0n) is 12.5. The minimum atomic E-state index is -0.466. The second-order valence-electron chi connectivity index (χ2n) is 5.54. The molecule has 1 N–H and O–H groups in total. The van der Waals surface area contributed by atoms with E-state index in [2.05, 4.69) is 48.5 Å². The van der Waals surface area contributed by atoms with Gasteiger partial charge in [0.25, 0.3) is 0 Å². The molecule has 3 aromatic rings. The first-order chi connectivity index (χ1) is 10.8. The number of rotatable bonds is 5. The van der Waals surface area contributed by atoms with Crippen molar-refractivity contribution in [1.82, 2.24) is 0 Å². The van der Waals surface area contributed by atoms with Gasteiger partial charge in [0.1, 0.15) is 0 Å². The van der Waals surface area contributed by atoms with Crippen LogP contribution in [0.5, 0.6) is 0 Å². The molecule has 0 amide bonds. The number of aliphatic hydroxyl groups is 1. The van der Waals surface area contributed by atoms with Crippen molar-refractivity contribution in [2.24, 2.45) is 0 Å². The maximum absolute atomic E-state index is 10.6. The van der Waals surface area contributed by atoms with Crippen LogP contribution in [0.4, 0.5) is 0 Å². The molecule has 0 saturated heterocycles. The third kappa shape index (κ3) is 3.44. The molecule has 0 aromatic heterocycles. The summed E-state index contributed by atoms with van der Waals surface area (Å²) in [7, 11) is 0. The number of aliphatic hydroxyl groups excluding tert-OH is 1. The molecule has 0 aliphatic rings. The molecule has 0 fully saturated rings. The van der Waals surface area contributed by atoms with Crippen LogP contribution in [0.2, 0.25) is 0 Å². The lowest BCUT2D eigenvalue weighted by atomic mass is 9.85. The topological polar surface area (TPSA) is 20.2 Å². The Morgan fingerprint density at radius 3 is 1.32 bits per heavy atom. The lowest BCUT2D eigenvalue weighted by molar-refractivity contribution is 0.162. The van der Waals surface area contributed by atoms with Crippen molar-refractivity contribution in [2.75, 3.05) is 0 Å². The summed E-state index contributed by atoms with van der Waals surface area (Å²) >= 11 is 0. The Kier molecular flexibility index (Phi) is 4.67. The monoisotopic (exact) mass is 288 g/mol. The van der Waals surface area contributed by atoms with Gasteiger partial charge in [-0.1, -0.05) is 91.0 Å². The van der Waals surface area contributed by atoms with Crippen LogP contribution in [0.1, 0.15) is 35.1 Å². The van der Waals surface area contributed by atoms with Crippen molar-refractivity contribution in [1.29, 1.82) is 0 Å². The van der Waals surface area contributed by atoms with Crippen molar-refractivity contribution >= 4 is 0 Å². The first kappa shape index (κ1) is 14.6. The van der Waals surface area contributed by atoms with E-state index in [1.165, 1.54) is 11.1 Å². The van der Waals surface area contributed by atoms with Gasteiger partial charge in [0.05, 0.1) is 6.10 Å². The lowest BCUT2D eigenvalue weighted by Crippen LogP contribution is -2.08. The molecule has 0 spiro atoms. The number of hydrogen-bond acceptors (Lipinski definition) is 1. The summed E-state index contributed by atoms with van der Waals surface area (Å²) in [6.07, 6.45) is 0.213. The predicted molar refractivity (Wildman–Crippen MR) is 90.7 cm³/mol. The quantitative estimate of drug-likeness (QED) is 0.705. The molecule has 0 heterocycles. The largest absolute Gasteiger partial charge is 0.388 e. The van der Waals surface area contributed by atoms with Crippen molar-refractivity contribution in [3.05, 3.63) is 108 Å². The molecule has 0 radical (unpaired) electrons. The first-order valence-electron chi connectivity index (χ1n) is 7.67. The van der Waals surface area contributed by atoms with Gasteiger partial charge in [0.15, 0.2) is 0 Å². The second-order valence-corrected chi connectivity index (χ2v) is 5.54. The first-order valence-corrected chi connectivity index (χ1v) is 7.67. The summed E-state index contributed by atoms with van der Waals surface area (Å²) in [5.74, 6) is 0.192. The van der Waals surface area contributed by atoms with Crippen LogP contribution >= 0.6 is 0 Å². The lowest BCUT2D eigenvalue weighted by Gasteiger charge is -2.21. The number of benzene rings is 3. The van der Waals surface area contributed by atoms with Gasteiger partial charge in [-0.15, -0.1) is 0 Å². The van der Waals surface area contributed by atoms with Crippen molar-refractivity contribution < 1.29 is 5.11 Å². The molecule has 1 heteroatoms. The zero-order chi connectivity index (χ0) is 15.2. The standard InChI is InChI=1S/C21H20O/c22-21(19-14-8-3-9-15-19)16-20(17-10-4-1-5-11-17)18-12-6-2-7-13-18/h1-15,20-22H,16H2. The van der Waals surface area contributed by atoms with Crippen LogP contribution in [0, 0.1) is 0 Å². The average Bonchev–Trinajstić information content (AvgIpc) is 2.62. The van der Waals surface area contributed by atoms with E-state index >= 15 is 0 Å². The van der Waals surface area contributed by atoms with E-state index in [1.54, 1.807) is 0 Å². The Morgan fingerprint density at radius 2 is 0.909 bits per heavy atom. The average molecular weight is 288 g/mol. The van der Waals surface area contributed by atoms with E-state index in [9.17, 15) is 5.11 Å². The predicted octanol–water partition coefficient (Wildman–Crippen LogP) is 4.94. The van der Waals surface area contributed by atoms with E-state index in [1.807, 2.05) is 42.5 Å². The summed E-state index contributed by atoms with van der Waals surface area (Å²) in [4.78, 5) is 0. The molecule has 3 aromatic carbocycles. The van der Waals surface area contributed by atoms with Gasteiger partial charge < -0.3 is 5.11 Å². The Labute approximate surface area is 131 Å². The fourth-order valence-electron chi connectivity index (χ4n) is 2.87. The molecule has 0 aliphatic heterocycles. The molecule has 1 atom stereocenters. The van der Waals surface area contributed by atoms with Gasteiger partial charge >= 0.3 is 0 Å². The van der Waals surface area contributed by atoms with Crippen LogP contribution in [0.25, 0.3) is 0 Å². The highest BCUT2D eigenvalue weighted by Gasteiger charge is 2.19. The molecule has 22 heavy (non-hydrogen) atoms. The molecule has 3 rings (SSSR count). The zero-order valence-corrected chi connectivity index (χ0v) is 12.5. The Hall–Kier alpha value is -2.38. The van der Waals surface area contributed by atoms with Crippen molar-refractivity contribution in [2.45, 2.75) is 18.4 Å². The third-order valence-corrected chi connectivity index (χ3v) is 4.05. The molecule has 0 saturated carbocycles. The van der Waals surface area contributed by atoms with Gasteiger partial charge in [-0.05, 0) is 23.1 Å². The van der Waals surface area contributed by atoms with E-state index in [0.717, 1.165) is 5.56 Å². The summed E-state index contributed by atoms with van der Waals surface area (Å²) in [6, 6.07) is 30.7. The van der Waals surface area contributed by atoms with Gasteiger partial charge in [0, 0.05) is 5.92 Å². The Bertz CT molecular complexity index is 637. The minimum absolute atomic E-state index is 0.192. The Balaban J connectivity index is 1.90. The maximum atomic E-state index is 10.6. The molecule has 0 aliphatic carbocycles. The van der Waals surface area contributed by atoms with Crippen LogP contribution < -0.4 is 0 Å². The molecule has 0 bridgehead atoms. The Morgan fingerprint density at radius 1 is 0.545 bits per heavy atom. The summed E-state index contributed by atoms with van der Waals surface area (Å²) in [6.45, 7) is 0. The van der Waals surface area contributed by atoms with E-state index in [0.29, 0.717) is 6.42 Å². The third-order valence-electron chi connectivity index (χ3n) is 4.05. The fraction of sp³-hybridized carbons (Fsp3) is 0.143. The van der Waals surface area contributed by atoms with Gasteiger partial charge in [-0.25, -0.2) is 0 Å². The summed E-state index contributed by atoms with van der Waals surface area (Å²) in [5, 5.41) is 10.6. The summed E-state index contributed by atoms with van der Waals surface area (Å²) in [5.41, 5.74) is 3.45. The van der Waals surface area contributed by atoms with Crippen LogP contribution in [-0.4, -0.2) is 5.11 Å². The minimum Gasteiger partial charge on any atom is -0.388 e. The van der Waals surface area contributed by atoms with E-state index < -0.39 is 6.10 Å².